The van der Waals surface area contributed by atoms with Crippen LogP contribution in [0.1, 0.15) is 31.9 Å². The van der Waals surface area contributed by atoms with E-state index in [1.165, 1.54) is 5.56 Å². The Bertz CT molecular complexity index is 272. The van der Waals surface area contributed by atoms with Gasteiger partial charge in [0.25, 0.3) is 0 Å². The minimum absolute atomic E-state index is 0.498. The zero-order valence-electron chi connectivity index (χ0n) is 8.69. The van der Waals surface area contributed by atoms with E-state index in [2.05, 4.69) is 11.9 Å². The minimum atomic E-state index is 0.498. The molecule has 0 aliphatic rings. The van der Waals surface area contributed by atoms with Gasteiger partial charge in [-0.3, -0.25) is 0 Å². The number of nitrogen functional groups attached to an aromatic ring is 1. The van der Waals surface area contributed by atoms with Crippen molar-refractivity contribution in [1.29, 1.82) is 0 Å². The number of anilines is 1. The van der Waals surface area contributed by atoms with Crippen molar-refractivity contribution in [3.8, 4) is 0 Å². The SMILES string of the molecule is CC.CCc1cc(N)nc(Cl)c1C. The molecule has 0 bridgehead atoms. The molecule has 0 aliphatic heterocycles. The Morgan fingerprint density at radius 2 is 2.00 bits per heavy atom. The molecule has 0 aromatic carbocycles. The Morgan fingerprint density at radius 3 is 2.46 bits per heavy atom. The number of halogens is 1. The lowest BCUT2D eigenvalue weighted by atomic mass is 10.1. The summed E-state index contributed by atoms with van der Waals surface area (Å²) in [6.45, 7) is 8.02. The van der Waals surface area contributed by atoms with E-state index in [-0.39, 0.29) is 0 Å². The Kier molecular flexibility index (Phi) is 5.47. The summed E-state index contributed by atoms with van der Waals surface area (Å²) in [6.07, 6.45) is 0.943. The Hall–Kier alpha value is -0.760. The Labute approximate surface area is 85.1 Å². The molecule has 0 fully saturated rings. The maximum Gasteiger partial charge on any atom is 0.134 e. The molecule has 0 spiro atoms. The van der Waals surface area contributed by atoms with Crippen molar-refractivity contribution in [3.05, 3.63) is 22.3 Å². The number of nitrogens with two attached hydrogens (primary N) is 1. The van der Waals surface area contributed by atoms with Gasteiger partial charge in [0.05, 0.1) is 0 Å². The summed E-state index contributed by atoms with van der Waals surface area (Å²) < 4.78 is 0. The lowest BCUT2D eigenvalue weighted by Gasteiger charge is -2.04. The van der Waals surface area contributed by atoms with Gasteiger partial charge in [0.2, 0.25) is 0 Å². The first-order valence-electron chi connectivity index (χ1n) is 4.56. The highest BCUT2D eigenvalue weighted by Gasteiger charge is 2.02. The number of hydrogen-bond acceptors (Lipinski definition) is 2. The molecule has 13 heavy (non-hydrogen) atoms. The topological polar surface area (TPSA) is 38.9 Å². The van der Waals surface area contributed by atoms with Gasteiger partial charge in [-0.2, -0.15) is 0 Å². The molecule has 2 nitrogen and oxygen atoms in total. The predicted octanol–water partition coefficient (Wildman–Crippen LogP) is 3.21. The molecule has 0 radical (unpaired) electrons. The second-order valence-electron chi connectivity index (χ2n) is 2.48. The van der Waals surface area contributed by atoms with Crippen LogP contribution in [0.15, 0.2) is 6.07 Å². The first-order chi connectivity index (χ1) is 6.15. The van der Waals surface area contributed by atoms with E-state index in [0.29, 0.717) is 11.0 Å². The first kappa shape index (κ1) is 12.2. The Balaban J connectivity index is 0.000000671. The molecule has 0 saturated heterocycles. The first-order valence-corrected chi connectivity index (χ1v) is 4.94. The van der Waals surface area contributed by atoms with E-state index in [9.17, 15) is 0 Å². The lowest BCUT2D eigenvalue weighted by molar-refractivity contribution is 1.09. The van der Waals surface area contributed by atoms with Crippen LogP contribution in [0.25, 0.3) is 0 Å². The molecule has 3 heteroatoms. The number of aryl methyl sites for hydroxylation is 1. The van der Waals surface area contributed by atoms with Crippen LogP contribution < -0.4 is 5.73 Å². The van der Waals surface area contributed by atoms with Crippen LogP contribution in [0.4, 0.5) is 5.82 Å². The zero-order valence-corrected chi connectivity index (χ0v) is 9.44. The molecule has 2 N–H and O–H groups in total. The third-order valence-electron chi connectivity index (χ3n) is 1.72. The molecule has 1 rings (SSSR count). The largest absolute Gasteiger partial charge is 0.384 e. The number of pyridine rings is 1. The third kappa shape index (κ3) is 3.23. The second-order valence-corrected chi connectivity index (χ2v) is 2.83. The predicted molar refractivity (Wildman–Crippen MR) is 59.1 cm³/mol. The normalized spacial score (nSPS) is 9.00. The molecule has 0 saturated carbocycles. The molecule has 0 amide bonds. The monoisotopic (exact) mass is 200 g/mol. The standard InChI is InChI=1S/C8H11ClN2.C2H6/c1-3-6-4-7(10)11-8(9)5(6)2;1-2/h4H,3H2,1-2H3,(H2,10,11);1-2H3. The lowest BCUT2D eigenvalue weighted by Crippen LogP contribution is -1.96. The van der Waals surface area contributed by atoms with Gasteiger partial charge in [-0.05, 0) is 30.5 Å². The van der Waals surface area contributed by atoms with Crippen LogP contribution >= 0.6 is 11.6 Å². The third-order valence-corrected chi connectivity index (χ3v) is 2.09. The average molecular weight is 201 g/mol. The van der Waals surface area contributed by atoms with Crippen LogP contribution in [0, 0.1) is 6.92 Å². The van der Waals surface area contributed by atoms with Crippen LogP contribution in [-0.2, 0) is 6.42 Å². The highest BCUT2D eigenvalue weighted by atomic mass is 35.5. The van der Waals surface area contributed by atoms with Crippen molar-refractivity contribution in [2.45, 2.75) is 34.1 Å². The van der Waals surface area contributed by atoms with Crippen molar-refractivity contribution >= 4 is 17.4 Å². The van der Waals surface area contributed by atoms with Crippen LogP contribution in [0.2, 0.25) is 5.15 Å². The summed E-state index contributed by atoms with van der Waals surface area (Å²) in [4.78, 5) is 3.92. The molecule has 1 aromatic heterocycles. The number of hydrogen-bond donors (Lipinski definition) is 1. The van der Waals surface area contributed by atoms with Crippen molar-refractivity contribution in [2.24, 2.45) is 0 Å². The molecule has 1 aromatic rings. The highest BCUT2D eigenvalue weighted by Crippen LogP contribution is 2.19. The van der Waals surface area contributed by atoms with Gasteiger partial charge in [0, 0.05) is 0 Å². The van der Waals surface area contributed by atoms with Crippen molar-refractivity contribution < 1.29 is 0 Å². The van der Waals surface area contributed by atoms with Crippen molar-refractivity contribution in [2.75, 3.05) is 5.73 Å². The number of nitrogens with zero attached hydrogens (tertiary/aromatic N) is 1. The van der Waals surface area contributed by atoms with Gasteiger partial charge in [0.1, 0.15) is 11.0 Å². The fourth-order valence-electron chi connectivity index (χ4n) is 1.02. The fourth-order valence-corrected chi connectivity index (χ4v) is 1.23. The van der Waals surface area contributed by atoms with E-state index in [0.717, 1.165) is 12.0 Å². The molecule has 0 aliphatic carbocycles. The van der Waals surface area contributed by atoms with Gasteiger partial charge in [-0.1, -0.05) is 32.4 Å². The fraction of sp³-hybridized carbons (Fsp3) is 0.500. The summed E-state index contributed by atoms with van der Waals surface area (Å²) in [6, 6.07) is 1.86. The van der Waals surface area contributed by atoms with E-state index >= 15 is 0 Å². The molecular formula is C10H17ClN2. The van der Waals surface area contributed by atoms with Crippen LogP contribution in [0.5, 0.6) is 0 Å². The van der Waals surface area contributed by atoms with Gasteiger partial charge < -0.3 is 5.73 Å². The summed E-state index contributed by atoms with van der Waals surface area (Å²) >= 11 is 5.81. The van der Waals surface area contributed by atoms with Gasteiger partial charge in [-0.25, -0.2) is 4.98 Å². The molecule has 0 unspecified atom stereocenters. The summed E-state index contributed by atoms with van der Waals surface area (Å²) in [5.41, 5.74) is 7.71. The quantitative estimate of drug-likeness (QED) is 0.708. The van der Waals surface area contributed by atoms with Gasteiger partial charge >= 0.3 is 0 Å². The zero-order chi connectivity index (χ0) is 10.4. The molecular weight excluding hydrogens is 184 g/mol. The van der Waals surface area contributed by atoms with E-state index in [1.54, 1.807) is 0 Å². The van der Waals surface area contributed by atoms with Crippen LogP contribution in [-0.4, -0.2) is 4.98 Å². The van der Waals surface area contributed by atoms with Gasteiger partial charge in [-0.15, -0.1) is 0 Å². The van der Waals surface area contributed by atoms with E-state index in [1.807, 2.05) is 26.8 Å². The highest BCUT2D eigenvalue weighted by molar-refractivity contribution is 6.30. The maximum atomic E-state index is 5.81. The number of rotatable bonds is 1. The summed E-state index contributed by atoms with van der Waals surface area (Å²) in [7, 11) is 0. The van der Waals surface area contributed by atoms with Crippen molar-refractivity contribution in [1.82, 2.24) is 4.98 Å². The average Bonchev–Trinajstić information content (AvgIpc) is 2.14. The minimum Gasteiger partial charge on any atom is -0.384 e. The Morgan fingerprint density at radius 1 is 1.46 bits per heavy atom. The maximum absolute atomic E-state index is 5.81. The summed E-state index contributed by atoms with van der Waals surface area (Å²) in [5.74, 6) is 0.498. The van der Waals surface area contributed by atoms with E-state index < -0.39 is 0 Å². The van der Waals surface area contributed by atoms with Crippen molar-refractivity contribution in [3.63, 3.8) is 0 Å². The second kappa shape index (κ2) is 5.81. The van der Waals surface area contributed by atoms with Crippen LogP contribution in [0.3, 0.4) is 0 Å². The molecule has 0 atom stereocenters. The van der Waals surface area contributed by atoms with E-state index in [4.69, 9.17) is 17.3 Å². The molecule has 1 heterocycles. The van der Waals surface area contributed by atoms with Gasteiger partial charge in [0.15, 0.2) is 0 Å². The number of aromatic nitrogens is 1. The molecule has 74 valence electrons. The summed E-state index contributed by atoms with van der Waals surface area (Å²) in [5, 5.41) is 0.516. The smallest absolute Gasteiger partial charge is 0.134 e.